The lowest BCUT2D eigenvalue weighted by Gasteiger charge is -2.07. The Balaban J connectivity index is 2.01. The van der Waals surface area contributed by atoms with Crippen LogP contribution < -0.4 is 5.43 Å². The van der Waals surface area contributed by atoms with Gasteiger partial charge >= 0.3 is 12.1 Å². The van der Waals surface area contributed by atoms with E-state index in [9.17, 15) is 18.0 Å². The van der Waals surface area contributed by atoms with Crippen molar-refractivity contribution >= 4 is 40.3 Å². The highest BCUT2D eigenvalue weighted by Gasteiger charge is 2.30. The van der Waals surface area contributed by atoms with Crippen molar-refractivity contribution in [2.75, 3.05) is 12.0 Å². The van der Waals surface area contributed by atoms with E-state index in [1.807, 2.05) is 0 Å². The first-order chi connectivity index (χ1) is 11.8. The average Bonchev–Trinajstić information content (AvgIpc) is 2.93. The molecule has 0 fully saturated rings. The number of esters is 1. The summed E-state index contributed by atoms with van der Waals surface area (Å²) in [5.41, 5.74) is 2.45. The minimum absolute atomic E-state index is 0.0396. The summed E-state index contributed by atoms with van der Waals surface area (Å²) < 4.78 is 43.0. The van der Waals surface area contributed by atoms with Gasteiger partial charge in [-0.3, -0.25) is 10.2 Å². The van der Waals surface area contributed by atoms with Crippen molar-refractivity contribution in [1.82, 2.24) is 4.98 Å². The van der Waals surface area contributed by atoms with Crippen molar-refractivity contribution in [2.45, 2.75) is 19.5 Å². The molecule has 0 radical (unpaired) electrons. The van der Waals surface area contributed by atoms with Crippen molar-refractivity contribution in [3.8, 4) is 0 Å². The molecule has 5 nitrogen and oxygen atoms in total. The van der Waals surface area contributed by atoms with Crippen LogP contribution >= 0.6 is 22.9 Å². The number of ether oxygens (including phenoxy) is 1. The Bertz CT molecular complexity index is 778. The van der Waals surface area contributed by atoms with Crippen LogP contribution in [0.25, 0.3) is 0 Å². The Morgan fingerprint density at radius 2 is 2.20 bits per heavy atom. The van der Waals surface area contributed by atoms with Gasteiger partial charge in [0.1, 0.15) is 0 Å². The maximum absolute atomic E-state index is 12.7. The zero-order valence-electron chi connectivity index (χ0n) is 12.9. The number of hydrazone groups is 1. The van der Waals surface area contributed by atoms with Gasteiger partial charge in [0.25, 0.3) is 0 Å². The summed E-state index contributed by atoms with van der Waals surface area (Å²) in [4.78, 5) is 15.5. The molecule has 0 saturated heterocycles. The summed E-state index contributed by atoms with van der Waals surface area (Å²) in [5, 5.41) is 5.86. The molecule has 0 atom stereocenters. The van der Waals surface area contributed by atoms with E-state index in [0.717, 1.165) is 12.1 Å². The first-order valence-electron chi connectivity index (χ1n) is 7.05. The SMILES string of the molecule is CCOC(=O)Cc1csc(NN=Cc2cc(Cl)cc(C(F)(F)F)c2)n1. The van der Waals surface area contributed by atoms with Gasteiger partial charge in [0.05, 0.1) is 30.5 Å². The van der Waals surface area contributed by atoms with Crippen LogP contribution in [0.5, 0.6) is 0 Å². The Labute approximate surface area is 150 Å². The molecule has 134 valence electrons. The standard InChI is InChI=1S/C15H13ClF3N3O2S/c1-2-24-13(23)6-12-8-25-14(21-12)22-20-7-9-3-10(15(17,18)19)5-11(16)4-9/h3-5,7-8H,2,6H2,1H3,(H,21,22). The predicted octanol–water partition coefficient (Wildman–Crippen LogP) is 4.37. The number of hydrogen-bond donors (Lipinski definition) is 1. The fourth-order valence-electron chi connectivity index (χ4n) is 1.81. The lowest BCUT2D eigenvalue weighted by atomic mass is 10.1. The number of halogens is 4. The maximum Gasteiger partial charge on any atom is 0.416 e. The molecule has 0 aliphatic carbocycles. The number of rotatable bonds is 6. The Morgan fingerprint density at radius 1 is 1.44 bits per heavy atom. The summed E-state index contributed by atoms with van der Waals surface area (Å²) in [6.45, 7) is 2.00. The van der Waals surface area contributed by atoms with Gasteiger partial charge in [0.2, 0.25) is 5.13 Å². The van der Waals surface area contributed by atoms with E-state index in [4.69, 9.17) is 16.3 Å². The normalized spacial score (nSPS) is 11.7. The molecule has 2 rings (SSSR count). The molecule has 1 aromatic carbocycles. The second-order valence-electron chi connectivity index (χ2n) is 4.77. The molecule has 1 aromatic heterocycles. The van der Waals surface area contributed by atoms with E-state index in [1.165, 1.54) is 23.6 Å². The van der Waals surface area contributed by atoms with Gasteiger partial charge in [-0.2, -0.15) is 18.3 Å². The molecule has 0 amide bonds. The molecular weight excluding hydrogens is 379 g/mol. The lowest BCUT2D eigenvalue weighted by Crippen LogP contribution is -2.07. The average molecular weight is 392 g/mol. The zero-order valence-corrected chi connectivity index (χ0v) is 14.5. The van der Waals surface area contributed by atoms with Crippen LogP contribution in [-0.2, 0) is 22.1 Å². The maximum atomic E-state index is 12.7. The second-order valence-corrected chi connectivity index (χ2v) is 6.06. The monoisotopic (exact) mass is 391 g/mol. The summed E-state index contributed by atoms with van der Waals surface area (Å²) in [5.74, 6) is -0.388. The van der Waals surface area contributed by atoms with Crippen LogP contribution in [-0.4, -0.2) is 23.8 Å². The molecule has 25 heavy (non-hydrogen) atoms. The number of benzene rings is 1. The number of thiazole rings is 1. The van der Waals surface area contributed by atoms with E-state index in [-0.39, 0.29) is 29.6 Å². The fourth-order valence-corrected chi connectivity index (χ4v) is 2.71. The number of carbonyl (C=O) groups excluding carboxylic acids is 1. The number of aromatic nitrogens is 1. The quantitative estimate of drug-likeness (QED) is 0.451. The van der Waals surface area contributed by atoms with Gasteiger partial charge in [0, 0.05) is 10.4 Å². The van der Waals surface area contributed by atoms with E-state index < -0.39 is 11.7 Å². The van der Waals surface area contributed by atoms with Crippen LogP contribution in [0.15, 0.2) is 28.7 Å². The van der Waals surface area contributed by atoms with Gasteiger partial charge < -0.3 is 4.74 Å². The molecule has 0 spiro atoms. The van der Waals surface area contributed by atoms with Crippen LogP contribution in [0.1, 0.15) is 23.7 Å². The number of nitrogens with one attached hydrogen (secondary N) is 1. The highest BCUT2D eigenvalue weighted by atomic mass is 35.5. The van der Waals surface area contributed by atoms with Gasteiger partial charge in [-0.25, -0.2) is 4.98 Å². The van der Waals surface area contributed by atoms with Crippen molar-refractivity contribution in [3.63, 3.8) is 0 Å². The third-order valence-electron chi connectivity index (χ3n) is 2.80. The highest BCUT2D eigenvalue weighted by molar-refractivity contribution is 7.13. The molecule has 0 aliphatic heterocycles. The fraction of sp³-hybridized carbons (Fsp3) is 0.267. The predicted molar refractivity (Wildman–Crippen MR) is 90.1 cm³/mol. The summed E-state index contributed by atoms with van der Waals surface area (Å²) in [6, 6.07) is 3.13. The van der Waals surface area contributed by atoms with Crippen LogP contribution in [0.2, 0.25) is 5.02 Å². The van der Waals surface area contributed by atoms with E-state index in [0.29, 0.717) is 10.8 Å². The summed E-state index contributed by atoms with van der Waals surface area (Å²) >= 11 is 6.90. The minimum atomic E-state index is -4.49. The van der Waals surface area contributed by atoms with Crippen molar-refractivity contribution < 1.29 is 22.7 Å². The highest BCUT2D eigenvalue weighted by Crippen LogP contribution is 2.31. The van der Waals surface area contributed by atoms with Gasteiger partial charge in [-0.1, -0.05) is 11.6 Å². The van der Waals surface area contributed by atoms with Crippen LogP contribution in [0, 0.1) is 0 Å². The topological polar surface area (TPSA) is 63.6 Å². The third-order valence-corrected chi connectivity index (χ3v) is 3.82. The molecule has 0 unspecified atom stereocenters. The number of carbonyl (C=O) groups is 1. The first-order valence-corrected chi connectivity index (χ1v) is 8.30. The Hall–Kier alpha value is -2.13. The third kappa shape index (κ3) is 6.02. The largest absolute Gasteiger partial charge is 0.466 e. The molecule has 0 aliphatic rings. The van der Waals surface area contributed by atoms with Crippen LogP contribution in [0.3, 0.4) is 0 Å². The Kier molecular flexibility index (Phi) is 6.38. The number of hydrogen-bond acceptors (Lipinski definition) is 6. The number of anilines is 1. The molecule has 2 aromatic rings. The second kappa shape index (κ2) is 8.30. The van der Waals surface area contributed by atoms with E-state index >= 15 is 0 Å². The Morgan fingerprint density at radius 3 is 2.88 bits per heavy atom. The lowest BCUT2D eigenvalue weighted by molar-refractivity contribution is -0.142. The molecular formula is C15H13ClF3N3O2S. The van der Waals surface area contributed by atoms with Gasteiger partial charge in [-0.05, 0) is 30.7 Å². The smallest absolute Gasteiger partial charge is 0.416 e. The first kappa shape index (κ1) is 19.2. The van der Waals surface area contributed by atoms with Crippen molar-refractivity contribution in [1.29, 1.82) is 0 Å². The summed E-state index contributed by atoms with van der Waals surface area (Å²) in [6.07, 6.45) is -3.25. The van der Waals surface area contributed by atoms with E-state index in [2.05, 4.69) is 15.5 Å². The van der Waals surface area contributed by atoms with Gasteiger partial charge in [-0.15, -0.1) is 11.3 Å². The van der Waals surface area contributed by atoms with Crippen LogP contribution in [0.4, 0.5) is 18.3 Å². The molecule has 0 bridgehead atoms. The number of alkyl halides is 3. The summed E-state index contributed by atoms with van der Waals surface area (Å²) in [7, 11) is 0. The molecule has 1 heterocycles. The number of nitrogens with zero attached hydrogens (tertiary/aromatic N) is 2. The van der Waals surface area contributed by atoms with Crippen molar-refractivity contribution in [3.05, 3.63) is 45.4 Å². The van der Waals surface area contributed by atoms with Crippen molar-refractivity contribution in [2.24, 2.45) is 5.10 Å². The molecule has 0 saturated carbocycles. The molecule has 1 N–H and O–H groups in total. The zero-order chi connectivity index (χ0) is 18.4. The molecule has 10 heteroatoms. The van der Waals surface area contributed by atoms with E-state index in [1.54, 1.807) is 12.3 Å². The minimum Gasteiger partial charge on any atom is -0.466 e. The van der Waals surface area contributed by atoms with Gasteiger partial charge in [0.15, 0.2) is 0 Å².